The summed E-state index contributed by atoms with van der Waals surface area (Å²) < 4.78 is 2.27. The lowest BCUT2D eigenvalue weighted by atomic mass is 9.91. The van der Waals surface area contributed by atoms with Crippen LogP contribution in [0.25, 0.3) is 33.2 Å². The quantitative estimate of drug-likeness (QED) is 0.366. The van der Waals surface area contributed by atoms with Crippen molar-refractivity contribution in [2.75, 3.05) is 0 Å². The van der Waals surface area contributed by atoms with Crippen LogP contribution in [0.3, 0.4) is 0 Å². The highest BCUT2D eigenvalue weighted by molar-refractivity contribution is 5.96. The number of pyridine rings is 1. The Balaban J connectivity index is 1.97. The fourth-order valence-electron chi connectivity index (χ4n) is 4.18. The second-order valence-corrected chi connectivity index (χ2v) is 7.58. The van der Waals surface area contributed by atoms with E-state index in [1.165, 1.54) is 49.8 Å². The highest BCUT2D eigenvalue weighted by Crippen LogP contribution is 2.33. The van der Waals surface area contributed by atoms with Gasteiger partial charge in [-0.2, -0.15) is 0 Å². The Morgan fingerprint density at radius 3 is 2.29 bits per heavy atom. The first-order chi connectivity index (χ1) is 13.6. The van der Waals surface area contributed by atoms with Gasteiger partial charge in [0, 0.05) is 6.07 Å². The molecule has 0 saturated heterocycles. The number of fused-ring (bicyclic) bond motifs is 1. The Kier molecular flexibility index (Phi) is 5.00. The van der Waals surface area contributed by atoms with Crippen molar-refractivity contribution in [3.05, 3.63) is 89.6 Å². The molecule has 0 N–H and O–H groups in total. The highest BCUT2D eigenvalue weighted by Gasteiger charge is 2.19. The lowest BCUT2D eigenvalue weighted by Gasteiger charge is -2.14. The average molecular weight is 367 g/mol. The van der Waals surface area contributed by atoms with Crippen molar-refractivity contribution in [3.63, 3.8) is 0 Å². The number of nitrogens with zero attached hydrogens (tertiary/aromatic N) is 1. The molecule has 1 aromatic heterocycles. The molecule has 0 atom stereocenters. The van der Waals surface area contributed by atoms with Gasteiger partial charge >= 0.3 is 0 Å². The molecule has 0 fully saturated rings. The van der Waals surface area contributed by atoms with E-state index in [-0.39, 0.29) is 0 Å². The zero-order valence-electron chi connectivity index (χ0n) is 17.3. The van der Waals surface area contributed by atoms with Crippen LogP contribution < -0.4 is 4.57 Å². The standard InChI is InChI=1S/C27H28N/c1-5-20-16-21(6-2)19(3)26(17-20)27-25-13-12-23(22-10-8-7-9-11-22)18-24(25)14-15-28(27)4/h7-18H,5-6H2,1-4H3/q+1. The molecule has 0 unspecified atom stereocenters. The van der Waals surface area contributed by atoms with E-state index < -0.39 is 0 Å². The van der Waals surface area contributed by atoms with Gasteiger partial charge < -0.3 is 0 Å². The van der Waals surface area contributed by atoms with E-state index in [4.69, 9.17) is 0 Å². The van der Waals surface area contributed by atoms with Crippen molar-refractivity contribution in [1.29, 1.82) is 0 Å². The number of benzene rings is 3. The highest BCUT2D eigenvalue weighted by atomic mass is 14.9. The molecule has 0 amide bonds. The van der Waals surface area contributed by atoms with E-state index in [0.717, 1.165) is 12.8 Å². The summed E-state index contributed by atoms with van der Waals surface area (Å²) in [7, 11) is 2.16. The van der Waals surface area contributed by atoms with E-state index >= 15 is 0 Å². The predicted octanol–water partition coefficient (Wildman–Crippen LogP) is 6.43. The second-order valence-electron chi connectivity index (χ2n) is 7.58. The van der Waals surface area contributed by atoms with Crippen LogP contribution in [-0.4, -0.2) is 0 Å². The molecule has 1 heteroatoms. The molecular weight excluding hydrogens is 338 g/mol. The van der Waals surface area contributed by atoms with E-state index in [1.807, 2.05) is 0 Å². The number of aryl methyl sites for hydroxylation is 3. The fraction of sp³-hybridized carbons (Fsp3) is 0.222. The largest absolute Gasteiger partial charge is 0.220 e. The summed E-state index contributed by atoms with van der Waals surface area (Å²) in [5.74, 6) is 0. The van der Waals surface area contributed by atoms with Gasteiger partial charge in [0.05, 0.1) is 10.9 Å². The van der Waals surface area contributed by atoms with Gasteiger partial charge in [-0.1, -0.05) is 56.3 Å². The average Bonchev–Trinajstić information content (AvgIpc) is 2.74. The fourth-order valence-corrected chi connectivity index (χ4v) is 4.18. The molecule has 0 aliphatic carbocycles. The molecule has 0 bridgehead atoms. The normalized spacial score (nSPS) is 11.1. The summed E-state index contributed by atoms with van der Waals surface area (Å²) in [5, 5.41) is 2.59. The summed E-state index contributed by atoms with van der Waals surface area (Å²) in [5.41, 5.74) is 9.45. The summed E-state index contributed by atoms with van der Waals surface area (Å²) in [6.45, 7) is 6.76. The van der Waals surface area contributed by atoms with Crippen molar-refractivity contribution >= 4 is 10.8 Å². The number of rotatable bonds is 4. The van der Waals surface area contributed by atoms with E-state index in [0.29, 0.717) is 0 Å². The maximum Gasteiger partial charge on any atom is 0.220 e. The van der Waals surface area contributed by atoms with Crippen molar-refractivity contribution in [2.45, 2.75) is 33.6 Å². The third kappa shape index (κ3) is 3.22. The number of aromatic nitrogens is 1. The maximum absolute atomic E-state index is 2.38. The van der Waals surface area contributed by atoms with Gasteiger partial charge in [-0.3, -0.25) is 0 Å². The van der Waals surface area contributed by atoms with E-state index in [2.05, 4.69) is 105 Å². The first kappa shape index (κ1) is 18.4. The molecule has 0 aliphatic rings. The first-order valence-electron chi connectivity index (χ1n) is 10.2. The SMILES string of the molecule is CCc1cc(CC)c(C)c(-c2c3ccc(-c4ccccc4)cc3cc[n+]2C)c1. The smallest absolute Gasteiger partial charge is 0.200 e. The van der Waals surface area contributed by atoms with Crippen molar-refractivity contribution in [1.82, 2.24) is 0 Å². The Hall–Kier alpha value is -2.93. The summed E-state index contributed by atoms with van der Waals surface area (Å²) in [6, 6.07) is 24.4. The van der Waals surface area contributed by atoms with Crippen LogP contribution in [0, 0.1) is 6.92 Å². The molecule has 0 aliphatic heterocycles. The molecule has 0 spiro atoms. The van der Waals surface area contributed by atoms with Crippen molar-refractivity contribution in [3.8, 4) is 22.4 Å². The van der Waals surface area contributed by atoms with Crippen LogP contribution in [0.2, 0.25) is 0 Å². The Labute approximate surface area is 168 Å². The van der Waals surface area contributed by atoms with Gasteiger partial charge in [-0.15, -0.1) is 0 Å². The lowest BCUT2D eigenvalue weighted by molar-refractivity contribution is -0.659. The van der Waals surface area contributed by atoms with Gasteiger partial charge in [0.25, 0.3) is 0 Å². The molecule has 1 heterocycles. The van der Waals surface area contributed by atoms with Crippen LogP contribution in [0.15, 0.2) is 72.9 Å². The van der Waals surface area contributed by atoms with Crippen LogP contribution in [-0.2, 0) is 19.9 Å². The molecule has 4 rings (SSSR count). The molecule has 3 aromatic carbocycles. The molecule has 0 saturated carbocycles. The molecule has 28 heavy (non-hydrogen) atoms. The van der Waals surface area contributed by atoms with Crippen molar-refractivity contribution < 1.29 is 4.57 Å². The molecule has 0 radical (unpaired) electrons. The topological polar surface area (TPSA) is 3.88 Å². The van der Waals surface area contributed by atoms with Gasteiger partial charge in [-0.25, -0.2) is 4.57 Å². The predicted molar refractivity (Wildman–Crippen MR) is 119 cm³/mol. The first-order valence-corrected chi connectivity index (χ1v) is 10.2. The minimum absolute atomic E-state index is 1.06. The second kappa shape index (κ2) is 7.59. The third-order valence-electron chi connectivity index (χ3n) is 5.86. The minimum atomic E-state index is 1.06. The summed E-state index contributed by atoms with van der Waals surface area (Å²) >= 11 is 0. The Morgan fingerprint density at radius 2 is 1.57 bits per heavy atom. The molecular formula is C27H28N+. The maximum atomic E-state index is 2.38. The van der Waals surface area contributed by atoms with Gasteiger partial charge in [0.1, 0.15) is 7.05 Å². The Morgan fingerprint density at radius 1 is 0.786 bits per heavy atom. The number of hydrogen-bond acceptors (Lipinski definition) is 0. The summed E-state index contributed by atoms with van der Waals surface area (Å²) in [4.78, 5) is 0. The monoisotopic (exact) mass is 366 g/mol. The van der Waals surface area contributed by atoms with Crippen LogP contribution in [0.5, 0.6) is 0 Å². The van der Waals surface area contributed by atoms with E-state index in [1.54, 1.807) is 0 Å². The number of hydrogen-bond donors (Lipinski definition) is 0. The lowest BCUT2D eigenvalue weighted by Crippen LogP contribution is -2.31. The van der Waals surface area contributed by atoms with Gasteiger partial charge in [-0.05, 0) is 71.2 Å². The van der Waals surface area contributed by atoms with Gasteiger partial charge in [0.15, 0.2) is 6.20 Å². The van der Waals surface area contributed by atoms with Crippen LogP contribution in [0.1, 0.15) is 30.5 Å². The van der Waals surface area contributed by atoms with E-state index in [9.17, 15) is 0 Å². The molecule has 4 aromatic rings. The van der Waals surface area contributed by atoms with Crippen LogP contribution in [0.4, 0.5) is 0 Å². The summed E-state index contributed by atoms with van der Waals surface area (Å²) in [6.07, 6.45) is 4.32. The minimum Gasteiger partial charge on any atom is -0.200 e. The zero-order chi connectivity index (χ0) is 19.7. The van der Waals surface area contributed by atoms with Crippen LogP contribution >= 0.6 is 0 Å². The Bertz CT molecular complexity index is 1140. The third-order valence-corrected chi connectivity index (χ3v) is 5.86. The molecule has 1 nitrogen and oxygen atoms in total. The van der Waals surface area contributed by atoms with Crippen molar-refractivity contribution in [2.24, 2.45) is 7.05 Å². The van der Waals surface area contributed by atoms with Gasteiger partial charge in [0.2, 0.25) is 5.69 Å². The zero-order valence-corrected chi connectivity index (χ0v) is 17.3. The molecule has 140 valence electrons.